The van der Waals surface area contributed by atoms with Crippen molar-refractivity contribution in [3.8, 4) is 11.3 Å². The summed E-state index contributed by atoms with van der Waals surface area (Å²) < 4.78 is 2.02. The van der Waals surface area contributed by atoms with E-state index in [1.54, 1.807) is 0 Å². The zero-order valence-electron chi connectivity index (χ0n) is 9.77. The molecule has 1 heterocycles. The third-order valence-corrected chi connectivity index (χ3v) is 2.69. The number of hydrogen-bond acceptors (Lipinski definition) is 2. The van der Waals surface area contributed by atoms with Crippen molar-refractivity contribution >= 4 is 0 Å². The third-order valence-electron chi connectivity index (χ3n) is 2.69. The van der Waals surface area contributed by atoms with Crippen molar-refractivity contribution in [3.63, 3.8) is 0 Å². The Labute approximate surface area is 95.9 Å². The van der Waals surface area contributed by atoms with Crippen LogP contribution in [0.5, 0.6) is 0 Å². The molecule has 1 aromatic heterocycles. The molecule has 2 aromatic rings. The van der Waals surface area contributed by atoms with Crippen molar-refractivity contribution in [2.24, 2.45) is 5.73 Å². The van der Waals surface area contributed by atoms with Crippen LogP contribution in [0.3, 0.4) is 0 Å². The van der Waals surface area contributed by atoms with Crippen molar-refractivity contribution in [2.75, 3.05) is 0 Å². The quantitative estimate of drug-likeness (QED) is 0.854. The molecule has 0 aliphatic carbocycles. The topological polar surface area (TPSA) is 43.8 Å². The Kier molecular flexibility index (Phi) is 3.06. The van der Waals surface area contributed by atoms with Gasteiger partial charge in [-0.3, -0.25) is 4.68 Å². The summed E-state index contributed by atoms with van der Waals surface area (Å²) in [7, 11) is 0. The van der Waals surface area contributed by atoms with Crippen molar-refractivity contribution in [1.29, 1.82) is 0 Å². The van der Waals surface area contributed by atoms with Crippen molar-refractivity contribution < 1.29 is 0 Å². The van der Waals surface area contributed by atoms with E-state index in [1.807, 2.05) is 11.6 Å². The van der Waals surface area contributed by atoms with Crippen molar-refractivity contribution in [3.05, 3.63) is 41.6 Å². The zero-order chi connectivity index (χ0) is 11.5. The average molecular weight is 215 g/mol. The number of rotatable bonds is 3. The van der Waals surface area contributed by atoms with Gasteiger partial charge in [-0.05, 0) is 31.0 Å². The lowest BCUT2D eigenvalue weighted by molar-refractivity contribution is 0.660. The highest BCUT2D eigenvalue weighted by atomic mass is 15.3. The molecule has 0 fully saturated rings. The lowest BCUT2D eigenvalue weighted by Crippen LogP contribution is -2.00. The molecule has 2 rings (SSSR count). The molecular formula is C13H17N3. The molecule has 0 saturated heterocycles. The van der Waals surface area contributed by atoms with E-state index >= 15 is 0 Å². The molecular weight excluding hydrogens is 198 g/mol. The Balaban J connectivity index is 2.41. The van der Waals surface area contributed by atoms with Crippen LogP contribution in [0.15, 0.2) is 30.3 Å². The van der Waals surface area contributed by atoms with Gasteiger partial charge < -0.3 is 5.73 Å². The minimum Gasteiger partial charge on any atom is -0.326 e. The first-order chi connectivity index (χ1) is 7.74. The molecule has 0 aliphatic rings. The molecule has 0 saturated carbocycles. The first-order valence-corrected chi connectivity index (χ1v) is 5.58. The van der Waals surface area contributed by atoms with Crippen LogP contribution in [0.4, 0.5) is 0 Å². The van der Waals surface area contributed by atoms with Crippen LogP contribution in [-0.4, -0.2) is 9.78 Å². The van der Waals surface area contributed by atoms with Gasteiger partial charge in [-0.15, -0.1) is 0 Å². The Morgan fingerprint density at radius 1 is 1.25 bits per heavy atom. The summed E-state index contributed by atoms with van der Waals surface area (Å²) >= 11 is 0. The predicted molar refractivity (Wildman–Crippen MR) is 66.0 cm³/mol. The van der Waals surface area contributed by atoms with E-state index in [4.69, 9.17) is 5.73 Å². The second-order valence-corrected chi connectivity index (χ2v) is 3.89. The molecule has 1 aromatic carbocycles. The molecule has 2 N–H and O–H groups in total. The Morgan fingerprint density at radius 3 is 2.50 bits per heavy atom. The molecule has 16 heavy (non-hydrogen) atoms. The number of hydrogen-bond donors (Lipinski definition) is 1. The summed E-state index contributed by atoms with van der Waals surface area (Å²) in [5, 5.41) is 4.44. The molecule has 84 valence electrons. The van der Waals surface area contributed by atoms with Gasteiger partial charge >= 0.3 is 0 Å². The van der Waals surface area contributed by atoms with Crippen LogP contribution >= 0.6 is 0 Å². The maximum absolute atomic E-state index is 5.58. The Bertz CT molecular complexity index is 468. The van der Waals surface area contributed by atoms with Crippen LogP contribution in [0, 0.1) is 6.92 Å². The fraction of sp³-hybridized carbons (Fsp3) is 0.308. The summed E-state index contributed by atoms with van der Waals surface area (Å²) in [6.07, 6.45) is 0. The van der Waals surface area contributed by atoms with Gasteiger partial charge in [0.2, 0.25) is 0 Å². The van der Waals surface area contributed by atoms with Gasteiger partial charge in [0.25, 0.3) is 0 Å². The SMILES string of the molecule is CCn1nc(C)cc1-c1ccc(CN)cc1. The number of aryl methyl sites for hydroxylation is 2. The molecule has 0 aliphatic heterocycles. The maximum Gasteiger partial charge on any atom is 0.0684 e. The normalized spacial score (nSPS) is 10.7. The van der Waals surface area contributed by atoms with Crippen molar-refractivity contribution in [1.82, 2.24) is 9.78 Å². The monoisotopic (exact) mass is 215 g/mol. The molecule has 0 amide bonds. The summed E-state index contributed by atoms with van der Waals surface area (Å²) in [6, 6.07) is 10.5. The van der Waals surface area contributed by atoms with E-state index in [-0.39, 0.29) is 0 Å². The fourth-order valence-electron chi connectivity index (χ4n) is 1.83. The molecule has 0 bridgehead atoms. The van der Waals surface area contributed by atoms with Crippen molar-refractivity contribution in [2.45, 2.75) is 26.9 Å². The minimum atomic E-state index is 0.590. The maximum atomic E-state index is 5.58. The van der Waals surface area contributed by atoms with E-state index in [1.165, 1.54) is 11.3 Å². The highest BCUT2D eigenvalue weighted by Crippen LogP contribution is 2.20. The first kappa shape index (κ1) is 10.9. The average Bonchev–Trinajstić information content (AvgIpc) is 2.70. The van der Waals surface area contributed by atoms with Gasteiger partial charge in [0, 0.05) is 13.1 Å². The second-order valence-electron chi connectivity index (χ2n) is 3.89. The number of nitrogens with zero attached hydrogens (tertiary/aromatic N) is 2. The van der Waals surface area contributed by atoms with E-state index < -0.39 is 0 Å². The molecule has 3 nitrogen and oxygen atoms in total. The van der Waals surface area contributed by atoms with Gasteiger partial charge in [0.1, 0.15) is 0 Å². The highest BCUT2D eigenvalue weighted by molar-refractivity contribution is 5.60. The zero-order valence-corrected chi connectivity index (χ0v) is 9.77. The van der Waals surface area contributed by atoms with E-state index in [0.29, 0.717) is 6.54 Å². The fourth-order valence-corrected chi connectivity index (χ4v) is 1.83. The number of nitrogens with two attached hydrogens (primary N) is 1. The summed E-state index contributed by atoms with van der Waals surface area (Å²) in [5.74, 6) is 0. The molecule has 3 heteroatoms. The molecule has 0 radical (unpaired) electrons. The molecule has 0 spiro atoms. The third kappa shape index (κ3) is 1.99. The van der Waals surface area contributed by atoms with Gasteiger partial charge in [-0.1, -0.05) is 24.3 Å². The van der Waals surface area contributed by atoms with Crippen LogP contribution in [0.2, 0.25) is 0 Å². The summed E-state index contributed by atoms with van der Waals surface area (Å²) in [5.41, 5.74) is 10.2. The smallest absolute Gasteiger partial charge is 0.0684 e. The van der Waals surface area contributed by atoms with E-state index in [2.05, 4.69) is 42.4 Å². The van der Waals surface area contributed by atoms with Gasteiger partial charge in [0.15, 0.2) is 0 Å². The predicted octanol–water partition coefficient (Wildman–Crippen LogP) is 2.34. The van der Waals surface area contributed by atoms with Gasteiger partial charge in [-0.2, -0.15) is 5.10 Å². The van der Waals surface area contributed by atoms with E-state index in [9.17, 15) is 0 Å². The first-order valence-electron chi connectivity index (χ1n) is 5.58. The number of benzene rings is 1. The lowest BCUT2D eigenvalue weighted by Gasteiger charge is -2.05. The Morgan fingerprint density at radius 2 is 1.94 bits per heavy atom. The molecule has 0 atom stereocenters. The van der Waals surface area contributed by atoms with E-state index in [0.717, 1.165) is 17.8 Å². The summed E-state index contributed by atoms with van der Waals surface area (Å²) in [4.78, 5) is 0. The van der Waals surface area contributed by atoms with Gasteiger partial charge in [-0.25, -0.2) is 0 Å². The highest BCUT2D eigenvalue weighted by Gasteiger charge is 2.06. The Hall–Kier alpha value is -1.61. The molecule has 0 unspecified atom stereocenters. The minimum absolute atomic E-state index is 0.590. The largest absolute Gasteiger partial charge is 0.326 e. The van der Waals surface area contributed by atoms with Crippen LogP contribution in [0.25, 0.3) is 11.3 Å². The summed E-state index contributed by atoms with van der Waals surface area (Å²) in [6.45, 7) is 5.60. The van der Waals surface area contributed by atoms with Crippen LogP contribution < -0.4 is 5.73 Å². The standard InChI is InChI=1S/C13H17N3/c1-3-16-13(8-10(2)15-16)12-6-4-11(9-14)5-7-12/h4-8H,3,9,14H2,1-2H3. The lowest BCUT2D eigenvalue weighted by atomic mass is 10.1. The number of aromatic nitrogens is 2. The van der Waals surface area contributed by atoms with Crippen LogP contribution in [0.1, 0.15) is 18.2 Å². The van der Waals surface area contributed by atoms with Crippen LogP contribution in [-0.2, 0) is 13.1 Å². The van der Waals surface area contributed by atoms with Gasteiger partial charge in [0.05, 0.1) is 11.4 Å². The second kappa shape index (κ2) is 4.49.